The van der Waals surface area contributed by atoms with Crippen LogP contribution in [0.2, 0.25) is 0 Å². The minimum Gasteiger partial charge on any atom is -0.337 e. The van der Waals surface area contributed by atoms with Gasteiger partial charge in [0.15, 0.2) is 0 Å². The number of nitrogens with one attached hydrogen (secondary N) is 1. The van der Waals surface area contributed by atoms with Crippen LogP contribution in [0.4, 0.5) is 4.39 Å². The van der Waals surface area contributed by atoms with Gasteiger partial charge in [-0.3, -0.25) is 9.59 Å². The molecule has 6 heteroatoms. The number of rotatable bonds is 6. The molecule has 1 aliphatic rings. The molecule has 0 radical (unpaired) electrons. The maximum atomic E-state index is 13.5. The molecule has 0 bridgehead atoms. The van der Waals surface area contributed by atoms with Gasteiger partial charge in [0, 0.05) is 24.4 Å². The van der Waals surface area contributed by atoms with E-state index >= 15 is 0 Å². The molecule has 1 aromatic heterocycles. The zero-order valence-electron chi connectivity index (χ0n) is 15.9. The summed E-state index contributed by atoms with van der Waals surface area (Å²) in [5.41, 5.74) is 1.53. The first kappa shape index (κ1) is 19.3. The molecule has 0 unspecified atom stereocenters. The first-order valence-corrected chi connectivity index (χ1v) is 9.70. The zero-order valence-corrected chi connectivity index (χ0v) is 15.9. The highest BCUT2D eigenvalue weighted by Gasteiger charge is 2.28. The fraction of sp³-hybridized carbons (Fsp3) is 0.476. The maximum Gasteiger partial charge on any atom is 0.256 e. The summed E-state index contributed by atoms with van der Waals surface area (Å²) in [5, 5.41) is 0. The van der Waals surface area contributed by atoms with E-state index in [1.165, 1.54) is 12.1 Å². The van der Waals surface area contributed by atoms with Gasteiger partial charge in [0.1, 0.15) is 11.6 Å². The Kier molecular flexibility index (Phi) is 6.04. The molecular weight excluding hydrogens is 345 g/mol. The summed E-state index contributed by atoms with van der Waals surface area (Å²) in [5.74, 6) is 0.144. The molecule has 144 valence electrons. The number of carbonyl (C=O) groups excluding carboxylic acids is 1. The van der Waals surface area contributed by atoms with Crippen LogP contribution >= 0.6 is 0 Å². The number of H-pyrrole nitrogens is 1. The van der Waals surface area contributed by atoms with Crippen molar-refractivity contribution in [2.45, 2.75) is 52.5 Å². The molecule has 27 heavy (non-hydrogen) atoms. The van der Waals surface area contributed by atoms with E-state index in [-0.39, 0.29) is 23.2 Å². The van der Waals surface area contributed by atoms with Crippen molar-refractivity contribution in [3.63, 3.8) is 0 Å². The van der Waals surface area contributed by atoms with Gasteiger partial charge >= 0.3 is 0 Å². The second-order valence-corrected chi connectivity index (χ2v) is 7.11. The van der Waals surface area contributed by atoms with Gasteiger partial charge < -0.3 is 9.88 Å². The third kappa shape index (κ3) is 4.26. The summed E-state index contributed by atoms with van der Waals surface area (Å²) in [6.45, 7) is 5.02. The number of hydrogen-bond donors (Lipinski definition) is 1. The summed E-state index contributed by atoms with van der Waals surface area (Å²) in [7, 11) is 0. The number of amides is 1. The van der Waals surface area contributed by atoms with Gasteiger partial charge in [-0.1, -0.05) is 38.8 Å². The van der Waals surface area contributed by atoms with Crippen LogP contribution in [-0.2, 0) is 17.8 Å². The number of halogens is 1. The Hall–Kier alpha value is -2.50. The Morgan fingerprint density at radius 3 is 2.89 bits per heavy atom. The summed E-state index contributed by atoms with van der Waals surface area (Å²) < 4.78 is 13.5. The van der Waals surface area contributed by atoms with E-state index in [1.54, 1.807) is 17.0 Å². The Morgan fingerprint density at radius 2 is 2.19 bits per heavy atom. The monoisotopic (exact) mass is 371 g/mol. The SMILES string of the molecule is CCCC[C@@H](CC)C(=O)N1CCc2nc(-c3cccc(F)c3)[nH]c(=O)c2C1. The van der Waals surface area contributed by atoms with E-state index in [4.69, 9.17) is 0 Å². The van der Waals surface area contributed by atoms with Gasteiger partial charge in [-0.2, -0.15) is 0 Å². The predicted octanol–water partition coefficient (Wildman–Crippen LogP) is 3.68. The number of carbonyl (C=O) groups is 1. The van der Waals surface area contributed by atoms with Gasteiger partial charge in [0.25, 0.3) is 5.56 Å². The molecule has 2 aromatic rings. The Morgan fingerprint density at radius 1 is 1.37 bits per heavy atom. The number of unbranched alkanes of at least 4 members (excludes halogenated alkanes) is 1. The fourth-order valence-electron chi connectivity index (χ4n) is 3.60. The summed E-state index contributed by atoms with van der Waals surface area (Å²) >= 11 is 0. The van der Waals surface area contributed by atoms with Crippen LogP contribution in [0.3, 0.4) is 0 Å². The van der Waals surface area contributed by atoms with Crippen molar-refractivity contribution >= 4 is 5.91 Å². The third-order valence-corrected chi connectivity index (χ3v) is 5.23. The molecule has 1 atom stereocenters. The molecular formula is C21H26FN3O2. The van der Waals surface area contributed by atoms with E-state index < -0.39 is 0 Å². The lowest BCUT2D eigenvalue weighted by atomic mass is 9.96. The van der Waals surface area contributed by atoms with Crippen LogP contribution < -0.4 is 5.56 Å². The summed E-state index contributed by atoms with van der Waals surface area (Å²) in [6.07, 6.45) is 4.35. The zero-order chi connectivity index (χ0) is 19.4. The predicted molar refractivity (Wildman–Crippen MR) is 103 cm³/mol. The van der Waals surface area contributed by atoms with E-state index in [9.17, 15) is 14.0 Å². The highest BCUT2D eigenvalue weighted by molar-refractivity contribution is 5.79. The number of benzene rings is 1. The molecule has 1 aromatic carbocycles. The van der Waals surface area contributed by atoms with Crippen LogP contribution in [-0.4, -0.2) is 27.3 Å². The first-order chi connectivity index (χ1) is 13.0. The van der Waals surface area contributed by atoms with Crippen molar-refractivity contribution in [2.75, 3.05) is 6.54 Å². The normalized spacial score (nSPS) is 14.7. The van der Waals surface area contributed by atoms with Crippen molar-refractivity contribution in [3.8, 4) is 11.4 Å². The molecule has 3 rings (SSSR count). The van der Waals surface area contributed by atoms with E-state index in [2.05, 4.69) is 16.9 Å². The number of aromatic amines is 1. The van der Waals surface area contributed by atoms with Crippen molar-refractivity contribution in [2.24, 2.45) is 5.92 Å². The van der Waals surface area contributed by atoms with Gasteiger partial charge in [-0.05, 0) is 25.0 Å². The second kappa shape index (κ2) is 8.46. The van der Waals surface area contributed by atoms with Gasteiger partial charge in [-0.25, -0.2) is 9.37 Å². The van der Waals surface area contributed by atoms with Gasteiger partial charge in [-0.15, -0.1) is 0 Å². The van der Waals surface area contributed by atoms with Crippen molar-refractivity contribution in [1.29, 1.82) is 0 Å². The molecule has 5 nitrogen and oxygen atoms in total. The van der Waals surface area contributed by atoms with Crippen LogP contribution in [0, 0.1) is 11.7 Å². The van der Waals surface area contributed by atoms with Gasteiger partial charge in [0.2, 0.25) is 5.91 Å². The van der Waals surface area contributed by atoms with Crippen molar-refractivity contribution in [1.82, 2.24) is 14.9 Å². The van der Waals surface area contributed by atoms with Crippen LogP contribution in [0.1, 0.15) is 50.8 Å². The molecule has 1 aliphatic heterocycles. The van der Waals surface area contributed by atoms with Gasteiger partial charge in [0.05, 0.1) is 17.8 Å². The number of nitrogens with zero attached hydrogens (tertiary/aromatic N) is 2. The Labute approximate surface area is 158 Å². The lowest BCUT2D eigenvalue weighted by Crippen LogP contribution is -2.42. The molecule has 0 aliphatic carbocycles. The molecule has 0 saturated carbocycles. The smallest absolute Gasteiger partial charge is 0.256 e. The van der Waals surface area contributed by atoms with Crippen LogP contribution in [0.25, 0.3) is 11.4 Å². The second-order valence-electron chi connectivity index (χ2n) is 7.11. The molecule has 1 amide bonds. The third-order valence-electron chi connectivity index (χ3n) is 5.23. The molecule has 0 spiro atoms. The minimum atomic E-state index is -0.373. The quantitative estimate of drug-likeness (QED) is 0.842. The number of aromatic nitrogens is 2. The lowest BCUT2D eigenvalue weighted by molar-refractivity contribution is -0.136. The topological polar surface area (TPSA) is 66.1 Å². The maximum absolute atomic E-state index is 13.5. The standard InChI is InChI=1S/C21H26FN3O2/c1-3-5-7-14(4-2)21(27)25-11-10-18-17(13-25)20(26)24-19(23-18)15-8-6-9-16(22)12-15/h6,8-9,12,14H,3-5,7,10-11,13H2,1-2H3,(H,23,24,26)/t14-/m1/s1. The highest BCUT2D eigenvalue weighted by atomic mass is 19.1. The first-order valence-electron chi connectivity index (χ1n) is 9.70. The Bertz CT molecular complexity index is 878. The molecule has 0 fully saturated rings. The molecule has 0 saturated heterocycles. The molecule has 1 N–H and O–H groups in total. The van der Waals surface area contributed by atoms with Crippen LogP contribution in [0.15, 0.2) is 29.1 Å². The summed E-state index contributed by atoms with van der Waals surface area (Å²) in [6, 6.07) is 6.01. The molecule has 2 heterocycles. The largest absolute Gasteiger partial charge is 0.337 e. The van der Waals surface area contributed by atoms with E-state index in [0.717, 1.165) is 25.7 Å². The lowest BCUT2D eigenvalue weighted by Gasteiger charge is -2.31. The van der Waals surface area contributed by atoms with E-state index in [1.807, 2.05) is 6.92 Å². The fourth-order valence-corrected chi connectivity index (χ4v) is 3.60. The number of hydrogen-bond acceptors (Lipinski definition) is 3. The van der Waals surface area contributed by atoms with Crippen LogP contribution in [0.5, 0.6) is 0 Å². The highest BCUT2D eigenvalue weighted by Crippen LogP contribution is 2.22. The Balaban J connectivity index is 1.82. The van der Waals surface area contributed by atoms with Crippen molar-refractivity contribution < 1.29 is 9.18 Å². The van der Waals surface area contributed by atoms with E-state index in [0.29, 0.717) is 42.2 Å². The van der Waals surface area contributed by atoms with Crippen molar-refractivity contribution in [3.05, 3.63) is 51.7 Å². The number of fused-ring (bicyclic) bond motifs is 1. The minimum absolute atomic E-state index is 0.0186. The average molecular weight is 371 g/mol. The summed E-state index contributed by atoms with van der Waals surface area (Å²) in [4.78, 5) is 34.5. The average Bonchev–Trinajstić information content (AvgIpc) is 2.68.